The Bertz CT molecular complexity index is 3750. The molecule has 50 heteroatoms. The number of ether oxygens (including phenoxy) is 8. The van der Waals surface area contributed by atoms with Crippen LogP contribution in [0.25, 0.3) is 0 Å². The number of ketones is 1. The third-order valence-electron chi connectivity index (χ3n) is 25.0. The molecule has 0 aromatic rings. The van der Waals surface area contributed by atoms with Crippen molar-refractivity contribution in [3.05, 3.63) is 0 Å². The molecule has 802 valence electrons. The van der Waals surface area contributed by atoms with Gasteiger partial charge in [-0.25, -0.2) is 4.57 Å². The molecule has 46 nitrogen and oxygen atoms in total. The number of β-amino-alcohol motifs (C(OH)–C–C–N with tert-alkyl or cyclic N) is 1. The Kier molecular flexibility index (Phi) is 53.1. The van der Waals surface area contributed by atoms with Gasteiger partial charge in [-0.2, -0.15) is 0 Å². The molecule has 8 heterocycles. The Labute approximate surface area is 803 Å². The summed E-state index contributed by atoms with van der Waals surface area (Å²) < 4.78 is 135. The molecule has 14 N–H and O–H groups in total. The van der Waals surface area contributed by atoms with Crippen LogP contribution in [-0.4, -0.2) is 378 Å². The third-order valence-corrected chi connectivity index (χ3v) is 29.6. The molecule has 0 bridgehead atoms. The van der Waals surface area contributed by atoms with Crippen molar-refractivity contribution in [2.24, 2.45) is 35.5 Å². The summed E-state index contributed by atoms with van der Waals surface area (Å²) in [5.41, 5.74) is -1.03. The molecule has 32 atom stereocenters. The van der Waals surface area contributed by atoms with E-state index in [1.807, 2.05) is 13.8 Å². The molecule has 0 spiro atoms. The van der Waals surface area contributed by atoms with Crippen LogP contribution < -0.4 is 14.7 Å². The fourth-order valence-corrected chi connectivity index (χ4v) is 21.4. The molecule has 0 aliphatic carbocycles. The van der Waals surface area contributed by atoms with Gasteiger partial charge in [0.1, 0.15) is 54.6 Å². The minimum absolute atomic E-state index is 0.0137. The first kappa shape index (κ1) is 123. The number of aliphatic hydroxyl groups excluding tert-OH is 13. The fourth-order valence-electron chi connectivity index (χ4n) is 17.5. The third kappa shape index (κ3) is 41.4. The molecule has 8 aliphatic rings. The van der Waals surface area contributed by atoms with Crippen LogP contribution in [0, 0.1) is 35.5 Å². The smallest absolute Gasteiger partial charge is 0.472 e. The van der Waals surface area contributed by atoms with Crippen molar-refractivity contribution in [2.45, 2.75) is 384 Å². The number of amides is 4. The maximum Gasteiger partial charge on any atom is 0.472 e. The minimum Gasteiger partial charge on any atom is -0.756 e. The molecule has 24 unspecified atom stereocenters. The van der Waals surface area contributed by atoms with Crippen LogP contribution in [0.15, 0.2) is 0 Å². The van der Waals surface area contributed by atoms with Gasteiger partial charge >= 0.3 is 7.82 Å². The Hall–Kier alpha value is -2.85. The van der Waals surface area contributed by atoms with Crippen molar-refractivity contribution < 1.29 is 202 Å². The van der Waals surface area contributed by atoms with E-state index < -0.39 is 240 Å². The Morgan fingerprint density at radius 1 is 0.372 bits per heavy atom. The average molecular weight is 2060 g/mol. The second-order valence-corrected chi connectivity index (χ2v) is 44.3. The van der Waals surface area contributed by atoms with Gasteiger partial charge in [-0.1, -0.05) is 54.4 Å². The highest BCUT2D eigenvalue weighted by Gasteiger charge is 2.49. The maximum atomic E-state index is 13.5. The number of Topliss-reactive ketones (excluding diaryl/α,β-unsaturated/α-hetero) is 1. The lowest BCUT2D eigenvalue weighted by atomic mass is 9.92. The monoisotopic (exact) mass is 2060 g/mol. The maximum absolute atomic E-state index is 13.5. The van der Waals surface area contributed by atoms with Crippen molar-refractivity contribution in [1.29, 1.82) is 0 Å². The molecule has 0 saturated carbocycles. The van der Waals surface area contributed by atoms with E-state index in [0.717, 1.165) is 19.3 Å². The number of aliphatic hydroxyl groups is 13. The number of likely N-dealkylation sites (tertiary alicyclic amines) is 4. The lowest BCUT2D eigenvalue weighted by molar-refractivity contribution is -0.282. The molecule has 4 amide bonds. The molecule has 8 fully saturated rings. The first-order valence-electron chi connectivity index (χ1n) is 48.2. The Balaban J connectivity index is 0.000000336. The number of phosphoric acid groups is 4. The molecule has 137 heavy (non-hydrogen) atoms. The molecule has 8 rings (SSSR count). The second-order valence-electron chi connectivity index (χ2n) is 38.9. The van der Waals surface area contributed by atoms with E-state index in [4.69, 9.17) is 74.1 Å². The van der Waals surface area contributed by atoms with E-state index in [1.54, 1.807) is 86.0 Å². The minimum atomic E-state index is -5.01. The predicted molar refractivity (Wildman–Crippen MR) is 479 cm³/mol. The summed E-state index contributed by atoms with van der Waals surface area (Å²) in [6, 6.07) is -2.27. The zero-order valence-corrected chi connectivity index (χ0v) is 85.0. The number of carbonyl (C=O) groups excluding carboxylic acids is 5. The molecule has 8 aliphatic heterocycles. The summed E-state index contributed by atoms with van der Waals surface area (Å²) in [5, 5.41) is 128. The van der Waals surface area contributed by atoms with Crippen molar-refractivity contribution in [3.63, 3.8) is 0 Å². The zero-order valence-electron chi connectivity index (χ0n) is 81.5. The van der Waals surface area contributed by atoms with Gasteiger partial charge in [-0.3, -0.25) is 46.7 Å². The van der Waals surface area contributed by atoms with Crippen molar-refractivity contribution in [1.82, 2.24) is 19.6 Å². The standard InChI is InChI=1S/C39H72N2O20P2.C27H50NO12P.C21H40NO10P/c1-23-15-26(40(17-23)31(44)11-7-9-13-54-37-24(2)33(46)35(48)29(19-42)58-37)21-56-62(50,51)60-28-16-27(22-57-63(52,53)61-39(4,5)6)41(18-28)32(45)12-8-10-14-55-38-25(3)34(47)36(49)30(20-43)59-38;1-18(2)40-41(35,36)38-17-20-14-22(31)15-28(20)24(32)12-7-5-4-6-10-21(30)11-8-9-13-37-27-19(3)25(33)26(34)23(16-29)39-27;1-13(2)32-33(27,28)30-12-16-9-14(3)10-22(16)18(24)7-5-6-8-29-21-15(4)19(25)20(26)17(11-23)31-21/h23-30,33-38,42-43,46-49H,7-22H2,1-6H3,(H,50,51)(H,52,53);18-20,22-23,25-27,29,31,33-34H,4-17H2,1-3H3,(H,35,36);13-17,19-21,23,25-26H,5-12H2,1-4H3,(H,27,28)/p-3/t23-,24?,25?,26+,27+,28-,29?,30?,33?,34?,35?,36?,37?,38?;19?,20-,22+,23?,25?,26?,27?;14-,15?,16+,17?,19?,20?,21?/m101/s1. The fraction of sp³-hybridized carbons (Fsp3) is 0.943. The number of hydrogen-bond donors (Lipinski definition) is 14. The highest BCUT2D eigenvalue weighted by molar-refractivity contribution is 7.47. The zero-order chi connectivity index (χ0) is 102. The van der Waals surface area contributed by atoms with Gasteiger partial charge in [-0.05, 0) is 150 Å². The van der Waals surface area contributed by atoms with Gasteiger partial charge in [0.15, 0.2) is 25.2 Å². The molecule has 8 saturated heterocycles. The molecule has 0 aromatic heterocycles. The molecular formula is C87H159N4O42P4-3. The normalized spacial score (nSPS) is 33.9. The summed E-state index contributed by atoms with van der Waals surface area (Å²) >= 11 is 0. The van der Waals surface area contributed by atoms with Crippen molar-refractivity contribution >= 4 is 60.7 Å². The summed E-state index contributed by atoms with van der Waals surface area (Å²) in [6.07, 6.45) is -9.33. The van der Waals surface area contributed by atoms with E-state index >= 15 is 0 Å². The van der Waals surface area contributed by atoms with Gasteiger partial charge in [0.25, 0.3) is 23.5 Å². The number of rotatable bonds is 54. The van der Waals surface area contributed by atoms with Crippen LogP contribution in [0.4, 0.5) is 0 Å². The topological polar surface area (TPSA) is 667 Å². The van der Waals surface area contributed by atoms with Gasteiger partial charge in [0.2, 0.25) is 23.6 Å². The van der Waals surface area contributed by atoms with Gasteiger partial charge in [-0.15, -0.1) is 0 Å². The average Bonchev–Trinajstić information content (AvgIpc) is 1.66. The number of unbranched alkanes of at least 4 members (excludes halogenated alkanes) is 7. The Morgan fingerprint density at radius 2 is 0.650 bits per heavy atom. The van der Waals surface area contributed by atoms with Crippen LogP contribution >= 0.6 is 31.3 Å². The summed E-state index contributed by atoms with van der Waals surface area (Å²) in [7, 11) is -18.5. The summed E-state index contributed by atoms with van der Waals surface area (Å²) in [6.45, 7) is 20.4. The number of carbonyl (C=O) groups is 5. The highest BCUT2D eigenvalue weighted by atomic mass is 31.2. The van der Waals surface area contributed by atoms with E-state index in [0.29, 0.717) is 103 Å². The lowest BCUT2D eigenvalue weighted by Gasteiger charge is -2.40. The quantitative estimate of drug-likeness (QED) is 0.0304. The molecular weight excluding hydrogens is 1900 g/mol. The van der Waals surface area contributed by atoms with Crippen LogP contribution in [0.2, 0.25) is 0 Å². The number of phosphoric ester groups is 4. The molecule has 0 aromatic carbocycles. The Morgan fingerprint density at radius 3 is 0.971 bits per heavy atom. The van der Waals surface area contributed by atoms with Gasteiger partial charge in [0, 0.05) is 115 Å². The van der Waals surface area contributed by atoms with E-state index in [2.05, 4.69) is 0 Å². The SMILES string of the molecule is CC(C)OP(=O)([O-])OC[C@@H]1C[C@@H](C)CN1C(=O)CCCCOC1OC(CO)C(O)C(O)C1C.CC(C)OP(=O)([O-])OC[C@@H]1C[C@@H](O)CN1C(=O)CCCCCCC(=O)CCCCOC1OC(CO)C(O)C(O)C1C.CC1C(OCCCCC(=O)N2C[C@H](C)C[C@H]2COP(=O)([O-])O[C@@H]2C[C@@H](COP(=O)(O)OC(C)(C)C)N(C(=O)CCCCOC3OC(CO)C(O)C(O)C3C)C2)OC(CO)C(O)C1O. The molecule has 0 radical (unpaired) electrons. The van der Waals surface area contributed by atoms with Gasteiger partial charge in [0.05, 0.1) is 131 Å². The van der Waals surface area contributed by atoms with Crippen LogP contribution in [-0.2, 0) is 116 Å². The van der Waals surface area contributed by atoms with Crippen molar-refractivity contribution in [2.75, 3.05) is 105 Å². The summed E-state index contributed by atoms with van der Waals surface area (Å²) in [4.78, 5) is 118. The summed E-state index contributed by atoms with van der Waals surface area (Å²) in [5.74, 6) is -2.41. The number of nitrogens with zero attached hydrogens (tertiary/aromatic N) is 4. The van der Waals surface area contributed by atoms with E-state index in [9.17, 15) is 128 Å². The second kappa shape index (κ2) is 59.2. The highest BCUT2D eigenvalue weighted by Crippen LogP contribution is 2.50. The van der Waals surface area contributed by atoms with E-state index in [-0.39, 0.29) is 133 Å². The predicted octanol–water partition coefficient (Wildman–Crippen LogP) is 1.58. The first-order valence-corrected chi connectivity index (χ1v) is 54.1. The van der Waals surface area contributed by atoms with Crippen molar-refractivity contribution in [3.8, 4) is 0 Å². The van der Waals surface area contributed by atoms with Crippen LogP contribution in [0.3, 0.4) is 0 Å². The lowest BCUT2D eigenvalue weighted by Crippen LogP contribution is -2.55. The largest absolute Gasteiger partial charge is 0.756 e. The van der Waals surface area contributed by atoms with E-state index in [1.165, 1.54) is 9.80 Å². The number of hydrogen-bond acceptors (Lipinski definition) is 41. The van der Waals surface area contributed by atoms with Crippen LogP contribution in [0.5, 0.6) is 0 Å². The van der Waals surface area contributed by atoms with Gasteiger partial charge < -0.3 is 171 Å². The first-order chi connectivity index (χ1) is 64.2. The van der Waals surface area contributed by atoms with Crippen LogP contribution in [0.1, 0.15) is 231 Å².